The summed E-state index contributed by atoms with van der Waals surface area (Å²) >= 11 is 0. The van der Waals surface area contributed by atoms with Crippen LogP contribution in [0.25, 0.3) is 0 Å². The maximum absolute atomic E-state index is 12.5. The van der Waals surface area contributed by atoms with Crippen LogP contribution < -0.4 is 5.32 Å². The summed E-state index contributed by atoms with van der Waals surface area (Å²) in [4.78, 5) is 15.8. The van der Waals surface area contributed by atoms with Crippen LogP contribution in [0.2, 0.25) is 0 Å². The van der Waals surface area contributed by atoms with Crippen LogP contribution in [0.3, 0.4) is 0 Å². The van der Waals surface area contributed by atoms with Gasteiger partial charge in [-0.1, -0.05) is 22.9 Å². The van der Waals surface area contributed by atoms with Crippen LogP contribution in [0.5, 0.6) is 0 Å². The molecule has 0 spiro atoms. The largest absolute Gasteiger partial charge is 0.343 e. The molecule has 24 heavy (non-hydrogen) atoms. The predicted molar refractivity (Wildman–Crippen MR) is 81.5 cm³/mol. The highest BCUT2D eigenvalue weighted by Crippen LogP contribution is 2.14. The Morgan fingerprint density at radius 2 is 2.00 bits per heavy atom. The van der Waals surface area contributed by atoms with Crippen LogP contribution in [0.15, 0.2) is 52.3 Å². The zero-order chi connectivity index (χ0) is 17.2. The summed E-state index contributed by atoms with van der Waals surface area (Å²) in [5.74, 6) is -0.243. The van der Waals surface area contributed by atoms with Gasteiger partial charge in [-0.25, -0.2) is 0 Å². The molecule has 0 unspecified atom stereocenters. The Morgan fingerprint density at radius 3 is 2.67 bits per heavy atom. The molecule has 3 rings (SSSR count). The Bertz CT molecular complexity index is 945. The highest BCUT2D eigenvalue weighted by atomic mass is 32.2. The molecule has 3 aromatic rings. The third-order valence-corrected chi connectivity index (χ3v) is 4.74. The highest BCUT2D eigenvalue weighted by molar-refractivity contribution is 7.89. The number of aromatic nitrogens is 4. The van der Waals surface area contributed by atoms with Gasteiger partial charge in [-0.3, -0.25) is 4.79 Å². The second kappa shape index (κ2) is 6.24. The van der Waals surface area contributed by atoms with Crippen LogP contribution in [0, 0.1) is 6.92 Å². The van der Waals surface area contributed by atoms with E-state index in [1.54, 1.807) is 12.1 Å². The van der Waals surface area contributed by atoms with Crippen molar-refractivity contribution < 1.29 is 17.7 Å². The van der Waals surface area contributed by atoms with Gasteiger partial charge in [0, 0.05) is 6.20 Å². The number of hydrogen-bond donors (Lipinski definition) is 1. The van der Waals surface area contributed by atoms with Crippen LogP contribution >= 0.6 is 0 Å². The number of carbonyl (C=O) groups is 1. The van der Waals surface area contributed by atoms with E-state index in [2.05, 4.69) is 25.1 Å². The Labute approximate surface area is 137 Å². The monoisotopic (exact) mass is 347 g/mol. The molecule has 0 aliphatic heterocycles. The van der Waals surface area contributed by atoms with E-state index < -0.39 is 15.9 Å². The highest BCUT2D eigenvalue weighted by Gasteiger charge is 2.20. The minimum atomic E-state index is -3.84. The lowest BCUT2D eigenvalue weighted by Gasteiger charge is -2.04. The Kier molecular flexibility index (Phi) is 4.13. The van der Waals surface area contributed by atoms with E-state index in [-0.39, 0.29) is 17.1 Å². The first kappa shape index (κ1) is 15.9. The van der Waals surface area contributed by atoms with E-state index in [9.17, 15) is 13.2 Å². The molecule has 0 aliphatic carbocycles. The van der Waals surface area contributed by atoms with Crippen LogP contribution in [-0.2, 0) is 16.6 Å². The number of nitrogens with one attached hydrogen (secondary N) is 1. The van der Waals surface area contributed by atoms with Gasteiger partial charge < -0.3 is 9.84 Å². The number of carbonyl (C=O) groups excluding carboxylic acids is 1. The van der Waals surface area contributed by atoms with E-state index in [1.165, 1.54) is 24.4 Å². The van der Waals surface area contributed by atoms with Crippen molar-refractivity contribution in [3.05, 3.63) is 60.0 Å². The summed E-state index contributed by atoms with van der Waals surface area (Å²) in [6.45, 7) is 1.91. The fourth-order valence-electron chi connectivity index (χ4n) is 1.90. The fraction of sp³-hybridized carbons (Fsp3) is 0.143. The smallest absolute Gasteiger partial charge is 0.282 e. The predicted octanol–water partition coefficient (Wildman–Crippen LogP) is 0.742. The van der Waals surface area contributed by atoms with Gasteiger partial charge in [0.1, 0.15) is 0 Å². The summed E-state index contributed by atoms with van der Waals surface area (Å²) in [5, 5.41) is 9.90. The standard InChI is InChI=1S/C14H13N5O4S/c1-10-2-4-11(5-3-10)24(21,22)19-7-6-12(17-19)14(20)15-8-13-16-9-23-18-13/h2-7,9H,8H2,1H3,(H,15,20). The second-order valence-electron chi connectivity index (χ2n) is 4.92. The van der Waals surface area contributed by atoms with Crippen molar-refractivity contribution in [2.45, 2.75) is 18.4 Å². The zero-order valence-corrected chi connectivity index (χ0v) is 13.4. The van der Waals surface area contributed by atoms with Gasteiger partial charge in [-0.05, 0) is 25.1 Å². The lowest BCUT2D eigenvalue weighted by atomic mass is 10.2. The molecule has 2 heterocycles. The molecule has 0 bridgehead atoms. The molecule has 124 valence electrons. The van der Waals surface area contributed by atoms with E-state index in [0.717, 1.165) is 16.0 Å². The molecule has 0 fully saturated rings. The molecule has 0 aliphatic rings. The van der Waals surface area contributed by atoms with E-state index >= 15 is 0 Å². The van der Waals surface area contributed by atoms with Gasteiger partial charge in [0.25, 0.3) is 15.9 Å². The van der Waals surface area contributed by atoms with Crippen LogP contribution in [-0.4, -0.2) is 33.7 Å². The molecule has 0 radical (unpaired) electrons. The quantitative estimate of drug-likeness (QED) is 0.722. The number of rotatable bonds is 5. The third kappa shape index (κ3) is 3.18. The Hall–Kier alpha value is -3.01. The van der Waals surface area contributed by atoms with Crippen molar-refractivity contribution in [2.24, 2.45) is 0 Å². The number of benzene rings is 1. The first-order chi connectivity index (χ1) is 11.5. The first-order valence-electron chi connectivity index (χ1n) is 6.88. The van der Waals surface area contributed by atoms with E-state index in [1.807, 2.05) is 6.92 Å². The second-order valence-corrected chi connectivity index (χ2v) is 6.72. The zero-order valence-electron chi connectivity index (χ0n) is 12.6. The molecular formula is C14H13N5O4S. The number of amides is 1. The van der Waals surface area contributed by atoms with Crippen LogP contribution in [0.1, 0.15) is 21.9 Å². The van der Waals surface area contributed by atoms with Crippen molar-refractivity contribution >= 4 is 15.9 Å². The summed E-state index contributed by atoms with van der Waals surface area (Å²) < 4.78 is 30.2. The number of aryl methyl sites for hydroxylation is 1. The molecule has 9 nitrogen and oxygen atoms in total. The number of hydrogen-bond acceptors (Lipinski definition) is 7. The van der Waals surface area contributed by atoms with Crippen molar-refractivity contribution in [3.63, 3.8) is 0 Å². The lowest BCUT2D eigenvalue weighted by Crippen LogP contribution is -2.24. The summed E-state index contributed by atoms with van der Waals surface area (Å²) in [6, 6.07) is 7.67. The maximum Gasteiger partial charge on any atom is 0.282 e. The van der Waals surface area contributed by atoms with Crippen LogP contribution in [0.4, 0.5) is 0 Å². The van der Waals surface area contributed by atoms with Gasteiger partial charge in [-0.15, -0.1) is 0 Å². The molecule has 0 saturated carbocycles. The molecule has 0 atom stereocenters. The fourth-order valence-corrected chi connectivity index (χ4v) is 3.01. The molecule has 1 N–H and O–H groups in total. The van der Waals surface area contributed by atoms with Gasteiger partial charge in [0.2, 0.25) is 6.39 Å². The molecule has 2 aromatic heterocycles. The third-order valence-electron chi connectivity index (χ3n) is 3.18. The van der Waals surface area contributed by atoms with Gasteiger partial charge in [0.05, 0.1) is 11.4 Å². The molecule has 1 aromatic carbocycles. The summed E-state index contributed by atoms with van der Waals surface area (Å²) in [7, 11) is -3.84. The average Bonchev–Trinajstić information content (AvgIpc) is 3.25. The summed E-state index contributed by atoms with van der Waals surface area (Å²) in [5.41, 5.74) is 0.908. The van der Waals surface area contributed by atoms with Crippen molar-refractivity contribution in [1.82, 2.24) is 24.6 Å². The van der Waals surface area contributed by atoms with Crippen molar-refractivity contribution in [3.8, 4) is 0 Å². The normalized spacial score (nSPS) is 11.4. The lowest BCUT2D eigenvalue weighted by molar-refractivity contribution is 0.0944. The molecule has 10 heteroatoms. The topological polar surface area (TPSA) is 120 Å². The molecular weight excluding hydrogens is 334 g/mol. The Balaban J connectivity index is 1.77. The number of nitrogens with zero attached hydrogens (tertiary/aromatic N) is 4. The van der Waals surface area contributed by atoms with Crippen molar-refractivity contribution in [2.75, 3.05) is 0 Å². The molecule has 0 saturated heterocycles. The maximum atomic E-state index is 12.5. The van der Waals surface area contributed by atoms with E-state index in [4.69, 9.17) is 0 Å². The minimum absolute atomic E-state index is 0.0332. The first-order valence-corrected chi connectivity index (χ1v) is 8.32. The van der Waals surface area contributed by atoms with Gasteiger partial charge >= 0.3 is 0 Å². The van der Waals surface area contributed by atoms with Gasteiger partial charge in [-0.2, -0.15) is 22.6 Å². The minimum Gasteiger partial charge on any atom is -0.343 e. The van der Waals surface area contributed by atoms with E-state index in [0.29, 0.717) is 5.82 Å². The summed E-state index contributed by atoms with van der Waals surface area (Å²) in [6.07, 6.45) is 2.36. The van der Waals surface area contributed by atoms with Crippen molar-refractivity contribution in [1.29, 1.82) is 0 Å². The average molecular weight is 347 g/mol. The SMILES string of the molecule is Cc1ccc(S(=O)(=O)n2ccc(C(=O)NCc3ncon3)n2)cc1. The molecule has 1 amide bonds. The van der Waals surface area contributed by atoms with Gasteiger partial charge in [0.15, 0.2) is 11.5 Å². The Morgan fingerprint density at radius 1 is 1.25 bits per heavy atom.